The van der Waals surface area contributed by atoms with Crippen LogP contribution in [0.4, 0.5) is 22.9 Å². The van der Waals surface area contributed by atoms with Crippen molar-refractivity contribution in [2.75, 3.05) is 16.0 Å². The van der Waals surface area contributed by atoms with Gasteiger partial charge in [-0.15, -0.1) is 10.2 Å². The maximum Gasteiger partial charge on any atom is 0.276 e. The Bertz CT molecular complexity index is 941. The van der Waals surface area contributed by atoms with E-state index in [4.69, 9.17) is 11.6 Å². The van der Waals surface area contributed by atoms with Crippen molar-refractivity contribution in [1.29, 1.82) is 0 Å². The standard InChI is InChI=1S/C19H16ClN5O2/c1-12(26)21-14-6-8-15(9-7-14)22-18-11-10-17(24-25-18)19(27)23-16-4-2-13(20)3-5-16/h2-11H,1H3,(H,21,26)(H,22,25)(H,23,27). The molecular weight excluding hydrogens is 366 g/mol. The van der Waals surface area contributed by atoms with Crippen LogP contribution in [0.2, 0.25) is 5.02 Å². The lowest BCUT2D eigenvalue weighted by Crippen LogP contribution is -2.14. The number of carbonyl (C=O) groups is 2. The minimum atomic E-state index is -0.365. The SMILES string of the molecule is CC(=O)Nc1ccc(Nc2ccc(C(=O)Nc3ccc(Cl)cc3)nn2)cc1. The molecular formula is C19H16ClN5O2. The Hall–Kier alpha value is -3.45. The largest absolute Gasteiger partial charge is 0.339 e. The summed E-state index contributed by atoms with van der Waals surface area (Å²) in [5.74, 6) is -0.00426. The van der Waals surface area contributed by atoms with E-state index in [2.05, 4.69) is 26.1 Å². The third-order valence-corrected chi connectivity index (χ3v) is 3.73. The number of benzene rings is 2. The second-order valence-corrected chi connectivity index (χ2v) is 6.08. The molecule has 2 aromatic carbocycles. The summed E-state index contributed by atoms with van der Waals surface area (Å²) in [6.45, 7) is 1.45. The van der Waals surface area contributed by atoms with Gasteiger partial charge in [-0.3, -0.25) is 9.59 Å². The predicted octanol–water partition coefficient (Wildman–Crippen LogP) is 4.08. The third-order valence-electron chi connectivity index (χ3n) is 3.48. The molecule has 1 heterocycles. The van der Waals surface area contributed by atoms with E-state index in [0.717, 1.165) is 5.69 Å². The number of aromatic nitrogens is 2. The molecule has 27 heavy (non-hydrogen) atoms. The van der Waals surface area contributed by atoms with E-state index in [-0.39, 0.29) is 17.5 Å². The molecule has 0 saturated heterocycles. The first kappa shape index (κ1) is 18.3. The van der Waals surface area contributed by atoms with Gasteiger partial charge in [0.25, 0.3) is 5.91 Å². The highest BCUT2D eigenvalue weighted by Crippen LogP contribution is 2.18. The van der Waals surface area contributed by atoms with Crippen LogP contribution in [0.1, 0.15) is 17.4 Å². The number of halogens is 1. The van der Waals surface area contributed by atoms with Crippen molar-refractivity contribution >= 4 is 46.3 Å². The van der Waals surface area contributed by atoms with Gasteiger partial charge in [-0.05, 0) is 60.7 Å². The zero-order valence-electron chi connectivity index (χ0n) is 14.4. The quantitative estimate of drug-likeness (QED) is 0.618. The van der Waals surface area contributed by atoms with Gasteiger partial charge in [-0.25, -0.2) is 0 Å². The molecule has 0 spiro atoms. The molecule has 0 saturated carbocycles. The van der Waals surface area contributed by atoms with Crippen LogP contribution in [-0.2, 0) is 4.79 Å². The van der Waals surface area contributed by atoms with Gasteiger partial charge in [0.1, 0.15) is 0 Å². The van der Waals surface area contributed by atoms with Crippen molar-refractivity contribution < 1.29 is 9.59 Å². The molecule has 0 aliphatic carbocycles. The van der Waals surface area contributed by atoms with Crippen LogP contribution in [0.5, 0.6) is 0 Å². The minimum absolute atomic E-state index is 0.131. The van der Waals surface area contributed by atoms with Gasteiger partial charge in [0.05, 0.1) is 0 Å². The summed E-state index contributed by atoms with van der Waals surface area (Å²) in [7, 11) is 0. The van der Waals surface area contributed by atoms with Crippen molar-refractivity contribution in [3.8, 4) is 0 Å². The summed E-state index contributed by atoms with van der Waals surface area (Å²) in [6.07, 6.45) is 0. The number of amides is 2. The summed E-state index contributed by atoms with van der Waals surface area (Å²) < 4.78 is 0. The molecule has 3 rings (SSSR count). The average molecular weight is 382 g/mol. The molecule has 0 aliphatic rings. The van der Waals surface area contributed by atoms with Crippen molar-refractivity contribution in [2.45, 2.75) is 6.92 Å². The van der Waals surface area contributed by atoms with E-state index in [0.29, 0.717) is 22.2 Å². The fraction of sp³-hybridized carbons (Fsp3) is 0.0526. The maximum atomic E-state index is 12.2. The second kappa shape index (κ2) is 8.29. The topological polar surface area (TPSA) is 96.0 Å². The van der Waals surface area contributed by atoms with E-state index >= 15 is 0 Å². The average Bonchev–Trinajstić information content (AvgIpc) is 2.65. The number of nitrogens with one attached hydrogen (secondary N) is 3. The van der Waals surface area contributed by atoms with Crippen LogP contribution >= 0.6 is 11.6 Å². The first-order valence-electron chi connectivity index (χ1n) is 8.05. The molecule has 1 aromatic heterocycles. The molecule has 0 unspecified atom stereocenters. The van der Waals surface area contributed by atoms with Crippen LogP contribution in [0, 0.1) is 0 Å². The monoisotopic (exact) mass is 381 g/mol. The van der Waals surface area contributed by atoms with Crippen LogP contribution in [0.15, 0.2) is 60.7 Å². The maximum absolute atomic E-state index is 12.2. The molecule has 3 aromatic rings. The summed E-state index contributed by atoms with van der Waals surface area (Å²) in [6, 6.07) is 17.2. The smallest absolute Gasteiger partial charge is 0.276 e. The van der Waals surface area contributed by atoms with E-state index < -0.39 is 0 Å². The number of anilines is 4. The van der Waals surface area contributed by atoms with Crippen LogP contribution in [0.3, 0.4) is 0 Å². The van der Waals surface area contributed by atoms with Gasteiger partial charge in [0.15, 0.2) is 11.5 Å². The molecule has 0 radical (unpaired) electrons. The van der Waals surface area contributed by atoms with Gasteiger partial charge in [0, 0.05) is 29.0 Å². The third kappa shape index (κ3) is 5.26. The van der Waals surface area contributed by atoms with Gasteiger partial charge < -0.3 is 16.0 Å². The lowest BCUT2D eigenvalue weighted by molar-refractivity contribution is -0.114. The summed E-state index contributed by atoms with van der Waals surface area (Å²) >= 11 is 5.82. The molecule has 0 fully saturated rings. The van der Waals surface area contributed by atoms with E-state index in [1.807, 2.05) is 0 Å². The van der Waals surface area contributed by atoms with Gasteiger partial charge >= 0.3 is 0 Å². The molecule has 8 heteroatoms. The van der Waals surface area contributed by atoms with Crippen LogP contribution in [0.25, 0.3) is 0 Å². The van der Waals surface area contributed by atoms with Crippen molar-refractivity contribution in [3.63, 3.8) is 0 Å². The predicted molar refractivity (Wildman–Crippen MR) is 105 cm³/mol. The fourth-order valence-electron chi connectivity index (χ4n) is 2.24. The zero-order chi connectivity index (χ0) is 19.2. The van der Waals surface area contributed by atoms with Crippen molar-refractivity contribution in [1.82, 2.24) is 10.2 Å². The molecule has 3 N–H and O–H groups in total. The number of rotatable bonds is 5. The van der Waals surface area contributed by atoms with Gasteiger partial charge in [-0.2, -0.15) is 0 Å². The minimum Gasteiger partial charge on any atom is -0.339 e. The van der Waals surface area contributed by atoms with E-state index in [1.54, 1.807) is 60.7 Å². The summed E-state index contributed by atoms with van der Waals surface area (Å²) in [4.78, 5) is 23.2. The number of hydrogen-bond donors (Lipinski definition) is 3. The zero-order valence-corrected chi connectivity index (χ0v) is 15.1. The lowest BCUT2D eigenvalue weighted by Gasteiger charge is -2.08. The molecule has 7 nitrogen and oxygen atoms in total. The van der Waals surface area contributed by atoms with Crippen LogP contribution in [-0.4, -0.2) is 22.0 Å². The number of carbonyl (C=O) groups excluding carboxylic acids is 2. The number of hydrogen-bond acceptors (Lipinski definition) is 5. The Labute approximate surface area is 160 Å². The molecule has 0 aliphatic heterocycles. The van der Waals surface area contributed by atoms with Gasteiger partial charge in [0.2, 0.25) is 5.91 Å². The highest BCUT2D eigenvalue weighted by molar-refractivity contribution is 6.30. The first-order valence-corrected chi connectivity index (χ1v) is 8.43. The fourth-order valence-corrected chi connectivity index (χ4v) is 2.36. The molecule has 2 amide bonds. The normalized spacial score (nSPS) is 10.1. The summed E-state index contributed by atoms with van der Waals surface area (Å²) in [5, 5.41) is 17.0. The van der Waals surface area contributed by atoms with Crippen molar-refractivity contribution in [3.05, 3.63) is 71.4 Å². The highest BCUT2D eigenvalue weighted by Gasteiger charge is 2.09. The number of nitrogens with zero attached hydrogens (tertiary/aromatic N) is 2. The van der Waals surface area contributed by atoms with Crippen molar-refractivity contribution in [2.24, 2.45) is 0 Å². The Morgan fingerprint density at radius 2 is 1.37 bits per heavy atom. The Morgan fingerprint density at radius 3 is 1.96 bits per heavy atom. The lowest BCUT2D eigenvalue weighted by atomic mass is 10.2. The van der Waals surface area contributed by atoms with E-state index in [9.17, 15) is 9.59 Å². The first-order chi connectivity index (χ1) is 13.0. The Morgan fingerprint density at radius 1 is 0.778 bits per heavy atom. The van der Waals surface area contributed by atoms with Crippen LogP contribution < -0.4 is 16.0 Å². The second-order valence-electron chi connectivity index (χ2n) is 5.65. The van der Waals surface area contributed by atoms with E-state index in [1.165, 1.54) is 6.92 Å². The molecule has 0 bridgehead atoms. The molecule has 0 atom stereocenters. The highest BCUT2D eigenvalue weighted by atomic mass is 35.5. The summed E-state index contributed by atoms with van der Waals surface area (Å²) in [5.41, 5.74) is 2.29. The Kier molecular flexibility index (Phi) is 5.63. The molecule has 136 valence electrons. The Balaban J connectivity index is 1.61. The van der Waals surface area contributed by atoms with Gasteiger partial charge in [-0.1, -0.05) is 11.6 Å².